The Bertz CT molecular complexity index is 588. The third-order valence-electron chi connectivity index (χ3n) is 2.76. The van der Waals surface area contributed by atoms with Gasteiger partial charge in [0, 0.05) is 12.0 Å². The van der Waals surface area contributed by atoms with Gasteiger partial charge in [-0.2, -0.15) is 0 Å². The van der Waals surface area contributed by atoms with Crippen LogP contribution in [-0.4, -0.2) is 29.3 Å². The molecule has 0 saturated heterocycles. The highest BCUT2D eigenvalue weighted by Crippen LogP contribution is 2.07. The number of ether oxygens (including phenoxy) is 1. The Labute approximate surface area is 137 Å². The monoisotopic (exact) mass is 317 g/mol. The van der Waals surface area contributed by atoms with Crippen LogP contribution in [0.4, 0.5) is 4.79 Å². The summed E-state index contributed by atoms with van der Waals surface area (Å²) in [5.41, 5.74) is 1.41. The Hall–Kier alpha value is -2.48. The van der Waals surface area contributed by atoms with Crippen LogP contribution < -0.4 is 5.32 Å². The molecule has 0 unspecified atom stereocenters. The zero-order valence-corrected chi connectivity index (χ0v) is 13.8. The maximum absolute atomic E-state index is 11.4. The minimum Gasteiger partial charge on any atom is -0.481 e. The summed E-state index contributed by atoms with van der Waals surface area (Å²) in [4.78, 5) is 21.9. The standard InChI is InChI=1S/C18H23NO4/c1-18(2,3)23-17(22)19-13-5-7-15-11-9-14(10-12-15)6-4-8-16(20)21/h9-12H,4,6,8,13H2,1-3H3,(H,19,22)(H,20,21). The summed E-state index contributed by atoms with van der Waals surface area (Å²) in [5.74, 6) is 5.03. The van der Waals surface area contributed by atoms with Gasteiger partial charge in [0.15, 0.2) is 0 Å². The summed E-state index contributed by atoms with van der Waals surface area (Å²) in [6.07, 6.45) is 1.05. The topological polar surface area (TPSA) is 75.6 Å². The summed E-state index contributed by atoms with van der Waals surface area (Å²) in [5, 5.41) is 11.2. The zero-order valence-electron chi connectivity index (χ0n) is 13.8. The number of carboxylic acid groups (broad SMARTS) is 1. The first-order valence-electron chi connectivity index (χ1n) is 7.53. The molecule has 1 aromatic rings. The first kappa shape index (κ1) is 18.6. The molecule has 0 radical (unpaired) electrons. The van der Waals surface area contributed by atoms with E-state index in [1.165, 1.54) is 0 Å². The van der Waals surface area contributed by atoms with E-state index in [-0.39, 0.29) is 13.0 Å². The van der Waals surface area contributed by atoms with Gasteiger partial charge in [-0.1, -0.05) is 24.0 Å². The lowest BCUT2D eigenvalue weighted by molar-refractivity contribution is -0.137. The van der Waals surface area contributed by atoms with Crippen molar-refractivity contribution < 1.29 is 19.4 Å². The maximum atomic E-state index is 11.4. The van der Waals surface area contributed by atoms with Crippen molar-refractivity contribution >= 4 is 12.1 Å². The number of carbonyl (C=O) groups excluding carboxylic acids is 1. The van der Waals surface area contributed by atoms with E-state index in [4.69, 9.17) is 9.84 Å². The number of nitrogens with one attached hydrogen (secondary N) is 1. The number of hydrogen-bond donors (Lipinski definition) is 2. The average Bonchev–Trinajstić information content (AvgIpc) is 2.43. The fraction of sp³-hybridized carbons (Fsp3) is 0.444. The summed E-state index contributed by atoms with van der Waals surface area (Å²) in [6.45, 7) is 5.62. The van der Waals surface area contributed by atoms with Crippen molar-refractivity contribution in [3.63, 3.8) is 0 Å². The fourth-order valence-electron chi connectivity index (χ4n) is 1.78. The third-order valence-corrected chi connectivity index (χ3v) is 2.76. The van der Waals surface area contributed by atoms with Crippen LogP contribution in [0.1, 0.15) is 44.7 Å². The number of aryl methyl sites for hydroxylation is 1. The molecule has 23 heavy (non-hydrogen) atoms. The van der Waals surface area contributed by atoms with Crippen molar-refractivity contribution in [1.29, 1.82) is 0 Å². The largest absolute Gasteiger partial charge is 0.481 e. The van der Waals surface area contributed by atoms with Gasteiger partial charge in [0.25, 0.3) is 0 Å². The second-order valence-electron chi connectivity index (χ2n) is 6.10. The number of carboxylic acids is 1. The number of amides is 1. The Morgan fingerprint density at radius 2 is 1.87 bits per heavy atom. The van der Waals surface area contributed by atoms with E-state index in [2.05, 4.69) is 17.2 Å². The summed E-state index contributed by atoms with van der Waals surface area (Å²) in [7, 11) is 0. The molecule has 0 bridgehead atoms. The smallest absolute Gasteiger partial charge is 0.408 e. The van der Waals surface area contributed by atoms with Gasteiger partial charge in [-0.3, -0.25) is 4.79 Å². The molecule has 2 N–H and O–H groups in total. The molecular weight excluding hydrogens is 294 g/mol. The van der Waals surface area contributed by atoms with E-state index in [1.807, 2.05) is 24.3 Å². The van der Waals surface area contributed by atoms with E-state index in [9.17, 15) is 9.59 Å². The fourth-order valence-corrected chi connectivity index (χ4v) is 1.78. The molecule has 0 atom stereocenters. The second-order valence-corrected chi connectivity index (χ2v) is 6.10. The highest BCUT2D eigenvalue weighted by molar-refractivity contribution is 5.68. The van der Waals surface area contributed by atoms with Crippen molar-refractivity contribution in [2.45, 2.75) is 45.6 Å². The van der Waals surface area contributed by atoms with Crippen molar-refractivity contribution in [3.05, 3.63) is 35.4 Å². The van der Waals surface area contributed by atoms with Gasteiger partial charge in [-0.25, -0.2) is 4.79 Å². The van der Waals surface area contributed by atoms with Crippen LogP contribution in [0, 0.1) is 11.8 Å². The molecule has 0 aromatic heterocycles. The number of benzene rings is 1. The normalized spacial score (nSPS) is 10.4. The van der Waals surface area contributed by atoms with Crippen molar-refractivity contribution in [2.75, 3.05) is 6.54 Å². The van der Waals surface area contributed by atoms with E-state index in [0.29, 0.717) is 6.42 Å². The maximum Gasteiger partial charge on any atom is 0.408 e. The van der Waals surface area contributed by atoms with Crippen molar-refractivity contribution in [1.82, 2.24) is 5.32 Å². The number of aliphatic carboxylic acids is 1. The van der Waals surface area contributed by atoms with Crippen LogP contribution in [-0.2, 0) is 16.0 Å². The molecule has 5 heteroatoms. The average molecular weight is 317 g/mol. The highest BCUT2D eigenvalue weighted by Gasteiger charge is 2.14. The molecule has 0 heterocycles. The first-order valence-corrected chi connectivity index (χ1v) is 7.53. The lowest BCUT2D eigenvalue weighted by Gasteiger charge is -2.18. The van der Waals surface area contributed by atoms with E-state index in [1.54, 1.807) is 20.8 Å². The molecule has 0 fully saturated rings. The number of carbonyl (C=O) groups is 2. The first-order chi connectivity index (χ1) is 10.8. The number of rotatable bonds is 5. The predicted octanol–water partition coefficient (Wildman–Crippen LogP) is 2.97. The predicted molar refractivity (Wildman–Crippen MR) is 88.1 cm³/mol. The Morgan fingerprint density at radius 3 is 2.43 bits per heavy atom. The van der Waals surface area contributed by atoms with Crippen LogP contribution in [0.15, 0.2) is 24.3 Å². The van der Waals surface area contributed by atoms with Gasteiger partial charge in [0.2, 0.25) is 0 Å². The second kappa shape index (κ2) is 8.84. The van der Waals surface area contributed by atoms with Crippen molar-refractivity contribution in [3.8, 4) is 11.8 Å². The van der Waals surface area contributed by atoms with E-state index in [0.717, 1.165) is 17.5 Å². The minimum absolute atomic E-state index is 0.178. The van der Waals surface area contributed by atoms with Crippen LogP contribution >= 0.6 is 0 Å². The quantitative estimate of drug-likeness (QED) is 0.819. The molecule has 0 spiro atoms. The third kappa shape index (κ3) is 9.20. The Morgan fingerprint density at radius 1 is 1.22 bits per heavy atom. The van der Waals surface area contributed by atoms with Crippen LogP contribution in [0.25, 0.3) is 0 Å². The number of hydrogen-bond acceptors (Lipinski definition) is 3. The molecule has 1 aromatic carbocycles. The minimum atomic E-state index is -0.773. The van der Waals surface area contributed by atoms with Crippen LogP contribution in [0.3, 0.4) is 0 Å². The lowest BCUT2D eigenvalue weighted by atomic mass is 10.1. The van der Waals surface area contributed by atoms with Gasteiger partial charge in [0.1, 0.15) is 5.60 Å². The summed E-state index contributed by atoms with van der Waals surface area (Å²) in [6, 6.07) is 7.65. The molecule has 5 nitrogen and oxygen atoms in total. The lowest BCUT2D eigenvalue weighted by Crippen LogP contribution is -2.32. The van der Waals surface area contributed by atoms with Gasteiger partial charge in [0.05, 0.1) is 6.54 Å². The summed E-state index contributed by atoms with van der Waals surface area (Å²) < 4.78 is 5.10. The van der Waals surface area contributed by atoms with Gasteiger partial charge in [-0.15, -0.1) is 0 Å². The molecule has 0 saturated carbocycles. The van der Waals surface area contributed by atoms with Crippen LogP contribution in [0.5, 0.6) is 0 Å². The van der Waals surface area contributed by atoms with E-state index < -0.39 is 17.7 Å². The molecule has 0 aliphatic carbocycles. The highest BCUT2D eigenvalue weighted by atomic mass is 16.6. The SMILES string of the molecule is CC(C)(C)OC(=O)NCC#Cc1ccc(CCCC(=O)O)cc1. The van der Waals surface area contributed by atoms with Crippen LogP contribution in [0.2, 0.25) is 0 Å². The van der Waals surface area contributed by atoms with Gasteiger partial charge < -0.3 is 15.2 Å². The van der Waals surface area contributed by atoms with E-state index >= 15 is 0 Å². The van der Waals surface area contributed by atoms with Crippen molar-refractivity contribution in [2.24, 2.45) is 0 Å². The van der Waals surface area contributed by atoms with Gasteiger partial charge in [-0.05, 0) is 51.3 Å². The summed E-state index contributed by atoms with van der Waals surface area (Å²) >= 11 is 0. The molecule has 124 valence electrons. The Kier molecular flexibility index (Phi) is 7.14. The van der Waals surface area contributed by atoms with Gasteiger partial charge >= 0.3 is 12.1 Å². The zero-order chi connectivity index (χ0) is 17.3. The molecule has 0 aliphatic rings. The molecule has 1 amide bonds. The molecule has 0 aliphatic heterocycles. The number of alkyl carbamates (subject to hydrolysis) is 1. The molecule has 1 rings (SSSR count). The molecular formula is C18H23NO4. The Balaban J connectivity index is 2.38.